The van der Waals surface area contributed by atoms with Crippen molar-refractivity contribution in [1.29, 1.82) is 0 Å². The predicted octanol–water partition coefficient (Wildman–Crippen LogP) is -3.72. The van der Waals surface area contributed by atoms with Crippen molar-refractivity contribution in [3.8, 4) is 0 Å². The van der Waals surface area contributed by atoms with Crippen molar-refractivity contribution in [3.63, 3.8) is 0 Å². The van der Waals surface area contributed by atoms with E-state index in [2.05, 4.69) is 71.8 Å². The number of aliphatic carboxylic acids is 5. The zero-order valence-electron chi connectivity index (χ0n) is 25.8. The second kappa shape index (κ2) is 25.5. The van der Waals surface area contributed by atoms with Gasteiger partial charge < -0.3 is 58.3 Å². The fraction of sp³-hybridized carbons (Fsp3) is 0.640. The summed E-state index contributed by atoms with van der Waals surface area (Å²) < 4.78 is 0. The molecule has 0 saturated carbocycles. The monoisotopic (exact) mass is 778 g/mol. The van der Waals surface area contributed by atoms with E-state index in [9.17, 15) is 43.2 Å². The Hall–Kier alpha value is -3.45. The van der Waals surface area contributed by atoms with Gasteiger partial charge in [0.05, 0.1) is 6.04 Å². The van der Waals surface area contributed by atoms with Crippen LogP contribution in [0.1, 0.15) is 32.1 Å². The van der Waals surface area contributed by atoms with Crippen molar-refractivity contribution in [2.24, 2.45) is 17.4 Å². The molecule has 0 radical (unpaired) electrons. The highest BCUT2D eigenvalue weighted by molar-refractivity contribution is 7.80. The summed E-state index contributed by atoms with van der Waals surface area (Å²) in [6.45, 7) is 0. The van der Waals surface area contributed by atoms with Gasteiger partial charge in [-0.05, 0) is 31.4 Å². The third-order valence-corrected chi connectivity index (χ3v) is 7.49. The molecule has 4 amide bonds. The number of nitrogens with two attached hydrogens (primary N) is 2. The van der Waals surface area contributed by atoms with Crippen molar-refractivity contribution < 1.29 is 68.7 Å². The van der Waals surface area contributed by atoms with Gasteiger partial charge in [0.15, 0.2) is 5.92 Å². The minimum Gasteiger partial charge on any atom is -0.481 e. The molecule has 24 heteroatoms. The molecule has 49 heavy (non-hydrogen) atoms. The van der Waals surface area contributed by atoms with Gasteiger partial charge in [-0.25, -0.2) is 9.59 Å². The fourth-order valence-corrected chi connectivity index (χ4v) is 4.34. The van der Waals surface area contributed by atoms with Crippen LogP contribution in [-0.2, 0) is 43.2 Å². The smallest absolute Gasteiger partial charge is 0.327 e. The SMILES string of the molecule is NC(CCCC(=O)N[C@@H](CCS)C(=O)N[C@H](CS)C(=O)O)C(=O)O.N[C@@H](CC(C(=O)O)C(=O)O)C(=O)N[C@@H](CS)C(=O)N[C@@H](CS)C(=O)O. The highest BCUT2D eigenvalue weighted by Gasteiger charge is 2.32. The molecular weight excluding hydrogens is 737 g/mol. The average Bonchev–Trinajstić information content (AvgIpc) is 3.02. The van der Waals surface area contributed by atoms with E-state index in [-0.39, 0.29) is 42.9 Å². The first-order valence-corrected chi connectivity index (χ1v) is 16.6. The van der Waals surface area contributed by atoms with Gasteiger partial charge in [0.25, 0.3) is 0 Å². The van der Waals surface area contributed by atoms with E-state index in [0.29, 0.717) is 5.75 Å². The van der Waals surface area contributed by atoms with Gasteiger partial charge in [0, 0.05) is 23.7 Å². The van der Waals surface area contributed by atoms with Crippen molar-refractivity contribution in [1.82, 2.24) is 21.3 Å². The standard InChI is InChI=1S/C13H23N3O6S2.C12H19N3O8S2/c14-7(12(19)20)2-1-3-10(17)15-8(4-5-23)11(18)16-9(6-24)13(21)22;13-5(1-4(10(18)19)11(20)21)8(16)14-6(2-24)9(17)15-7(3-25)12(22)23/h7-9,23-24H,1-6,14H2,(H,15,17)(H,16,18)(H,19,20)(H,21,22);4-7,24-25H,1-3,13H2,(H,14,16)(H,15,17)(H,18,19)(H,20,21)(H,22,23)/t7?,8-,9+;5-,6-,7-/m00/s1. The van der Waals surface area contributed by atoms with Crippen LogP contribution in [0, 0.1) is 5.92 Å². The summed E-state index contributed by atoms with van der Waals surface area (Å²) in [6, 6.07) is -7.17. The molecule has 280 valence electrons. The van der Waals surface area contributed by atoms with Crippen molar-refractivity contribution >= 4 is 104 Å². The zero-order valence-corrected chi connectivity index (χ0v) is 29.3. The molecule has 0 rings (SSSR count). The number of rotatable bonds is 23. The van der Waals surface area contributed by atoms with E-state index in [1.807, 2.05) is 0 Å². The maximum Gasteiger partial charge on any atom is 0.327 e. The first kappa shape index (κ1) is 47.7. The maximum absolute atomic E-state index is 12.1. The van der Waals surface area contributed by atoms with Gasteiger partial charge in [-0.2, -0.15) is 50.5 Å². The van der Waals surface area contributed by atoms with Crippen LogP contribution < -0.4 is 32.7 Å². The fourth-order valence-electron chi connectivity index (χ4n) is 3.33. The third kappa shape index (κ3) is 20.0. The second-order valence-corrected chi connectivity index (χ2v) is 11.5. The van der Waals surface area contributed by atoms with Gasteiger partial charge in [0.1, 0.15) is 30.2 Å². The Balaban J connectivity index is 0. The molecule has 6 atom stereocenters. The summed E-state index contributed by atoms with van der Waals surface area (Å²) in [7, 11) is 0. The van der Waals surface area contributed by atoms with Crippen LogP contribution in [0.5, 0.6) is 0 Å². The quantitative estimate of drug-likeness (QED) is 0.0350. The van der Waals surface area contributed by atoms with Crippen LogP contribution in [0.2, 0.25) is 0 Å². The number of carbonyl (C=O) groups is 9. The van der Waals surface area contributed by atoms with Gasteiger partial charge in [0.2, 0.25) is 23.6 Å². The second-order valence-electron chi connectivity index (χ2n) is 9.95. The lowest BCUT2D eigenvalue weighted by atomic mass is 10.00. The molecule has 0 spiro atoms. The van der Waals surface area contributed by atoms with Gasteiger partial charge in [-0.3, -0.25) is 33.6 Å². The molecule has 1 unspecified atom stereocenters. The topological polar surface area (TPSA) is 355 Å². The molecule has 13 N–H and O–H groups in total. The highest BCUT2D eigenvalue weighted by atomic mass is 32.1. The molecule has 0 saturated heterocycles. The normalized spacial score (nSPS) is 14.3. The van der Waals surface area contributed by atoms with E-state index in [1.54, 1.807) is 0 Å². The number of amides is 4. The molecule has 0 aromatic carbocycles. The molecule has 0 aromatic rings. The maximum atomic E-state index is 12.1. The van der Waals surface area contributed by atoms with Crippen molar-refractivity contribution in [2.45, 2.75) is 68.4 Å². The van der Waals surface area contributed by atoms with Gasteiger partial charge >= 0.3 is 29.8 Å². The number of hydrogen-bond donors (Lipinski definition) is 15. The Morgan fingerprint density at radius 2 is 0.939 bits per heavy atom. The van der Waals surface area contributed by atoms with Gasteiger partial charge in [-0.1, -0.05) is 0 Å². The van der Waals surface area contributed by atoms with Crippen LogP contribution in [0.25, 0.3) is 0 Å². The highest BCUT2D eigenvalue weighted by Crippen LogP contribution is 2.08. The number of thiol groups is 4. The number of nitrogens with one attached hydrogen (secondary N) is 4. The van der Waals surface area contributed by atoms with E-state index in [0.717, 1.165) is 0 Å². The number of carboxylic acid groups (broad SMARTS) is 5. The van der Waals surface area contributed by atoms with Crippen LogP contribution >= 0.6 is 50.5 Å². The molecule has 0 heterocycles. The number of carbonyl (C=O) groups excluding carboxylic acids is 4. The molecule has 0 aliphatic carbocycles. The Kier molecular flexibility index (Phi) is 24.8. The zero-order chi connectivity index (χ0) is 38.4. The Morgan fingerprint density at radius 1 is 0.510 bits per heavy atom. The van der Waals surface area contributed by atoms with Gasteiger partial charge in [-0.15, -0.1) is 0 Å². The first-order valence-electron chi connectivity index (χ1n) is 14.1. The van der Waals surface area contributed by atoms with Crippen molar-refractivity contribution in [2.75, 3.05) is 23.0 Å². The Morgan fingerprint density at radius 3 is 1.31 bits per heavy atom. The first-order chi connectivity index (χ1) is 22.8. The van der Waals surface area contributed by atoms with E-state index in [4.69, 9.17) is 37.0 Å². The lowest BCUT2D eigenvalue weighted by molar-refractivity contribution is -0.155. The summed E-state index contributed by atoms with van der Waals surface area (Å²) in [5.41, 5.74) is 10.8. The summed E-state index contributed by atoms with van der Waals surface area (Å²) in [5.74, 6) is -12.0. The number of carboxylic acids is 5. The van der Waals surface area contributed by atoms with Crippen LogP contribution in [-0.4, -0.2) is 138 Å². The summed E-state index contributed by atoms with van der Waals surface area (Å²) in [5, 5.41) is 53.0. The molecule has 20 nitrogen and oxygen atoms in total. The van der Waals surface area contributed by atoms with Crippen LogP contribution in [0.15, 0.2) is 0 Å². The molecule has 0 fully saturated rings. The molecular formula is C25H42N6O14S4. The molecule has 0 bridgehead atoms. The summed E-state index contributed by atoms with van der Waals surface area (Å²) >= 11 is 15.5. The lowest BCUT2D eigenvalue weighted by Crippen LogP contribution is -2.56. The largest absolute Gasteiger partial charge is 0.481 e. The summed E-state index contributed by atoms with van der Waals surface area (Å²) in [4.78, 5) is 102. The van der Waals surface area contributed by atoms with Crippen LogP contribution in [0.4, 0.5) is 0 Å². The minimum atomic E-state index is -1.88. The van der Waals surface area contributed by atoms with E-state index >= 15 is 0 Å². The summed E-state index contributed by atoms with van der Waals surface area (Å²) in [6.07, 6.45) is -0.0812. The lowest BCUT2D eigenvalue weighted by Gasteiger charge is -2.21. The minimum absolute atomic E-state index is 0.00621. The average molecular weight is 779 g/mol. The van der Waals surface area contributed by atoms with E-state index < -0.39 is 102 Å². The predicted molar refractivity (Wildman–Crippen MR) is 184 cm³/mol. The Labute approximate surface area is 301 Å². The molecule has 0 aromatic heterocycles. The molecule has 0 aliphatic rings. The third-order valence-electron chi connectivity index (χ3n) is 6.14. The number of hydrogen-bond acceptors (Lipinski definition) is 15. The van der Waals surface area contributed by atoms with Crippen molar-refractivity contribution in [3.05, 3.63) is 0 Å². The van der Waals surface area contributed by atoms with Crippen LogP contribution in [0.3, 0.4) is 0 Å². The Bertz CT molecular complexity index is 1170. The van der Waals surface area contributed by atoms with E-state index in [1.165, 1.54) is 0 Å². The molecule has 0 aliphatic heterocycles.